The summed E-state index contributed by atoms with van der Waals surface area (Å²) < 4.78 is 23.8. The molecule has 2 aromatic carbocycles. The average Bonchev–Trinajstić information content (AvgIpc) is 3.15. The highest BCUT2D eigenvalue weighted by Gasteiger charge is 2.44. The maximum atomic E-state index is 13.1. The molecule has 0 bridgehead atoms. The highest BCUT2D eigenvalue weighted by molar-refractivity contribution is 6.04. The summed E-state index contributed by atoms with van der Waals surface area (Å²) in [6.07, 6.45) is 1.66. The molecule has 0 spiro atoms. The molecule has 2 aromatic rings. The van der Waals surface area contributed by atoms with Crippen LogP contribution >= 0.6 is 0 Å². The number of amides is 4. The van der Waals surface area contributed by atoms with E-state index in [1.54, 1.807) is 19.2 Å². The van der Waals surface area contributed by atoms with Gasteiger partial charge in [-0.25, -0.2) is 9.18 Å². The maximum Gasteiger partial charge on any atom is 0.324 e. The van der Waals surface area contributed by atoms with Crippen LogP contribution in [0.2, 0.25) is 0 Å². The van der Waals surface area contributed by atoms with Gasteiger partial charge >= 0.3 is 6.03 Å². The van der Waals surface area contributed by atoms with Gasteiger partial charge in [-0.05, 0) is 54.7 Å². The van der Waals surface area contributed by atoms with E-state index >= 15 is 0 Å². The van der Waals surface area contributed by atoms with Crippen molar-refractivity contribution >= 4 is 17.8 Å². The summed E-state index contributed by atoms with van der Waals surface area (Å²) in [5.41, 5.74) is 1.40. The number of halogens is 1. The molecule has 0 saturated carbocycles. The van der Waals surface area contributed by atoms with Crippen LogP contribution in [-0.4, -0.2) is 55.7 Å². The fourth-order valence-electron chi connectivity index (χ4n) is 4.64. The Hall–Kier alpha value is -3.46. The van der Waals surface area contributed by atoms with Gasteiger partial charge < -0.3 is 20.1 Å². The number of ether oxygens (including phenoxy) is 2. The van der Waals surface area contributed by atoms with Crippen molar-refractivity contribution < 1.29 is 28.2 Å². The van der Waals surface area contributed by atoms with Crippen LogP contribution in [0.15, 0.2) is 48.5 Å². The average molecular weight is 484 g/mol. The van der Waals surface area contributed by atoms with Crippen LogP contribution in [0.1, 0.15) is 36.8 Å². The van der Waals surface area contributed by atoms with Crippen LogP contribution < -0.4 is 15.4 Å². The van der Waals surface area contributed by atoms with Crippen LogP contribution in [0.4, 0.5) is 9.18 Å². The van der Waals surface area contributed by atoms with E-state index in [0.717, 1.165) is 16.9 Å². The van der Waals surface area contributed by atoms with Gasteiger partial charge in [0, 0.05) is 38.1 Å². The summed E-state index contributed by atoms with van der Waals surface area (Å²) in [5.74, 6) is -0.159. The Bertz CT molecular complexity index is 1050. The molecule has 8 nitrogen and oxygen atoms in total. The minimum absolute atomic E-state index is 0.0865. The van der Waals surface area contributed by atoms with E-state index in [0.29, 0.717) is 26.1 Å². The number of carbonyl (C=O) groups is 3. The van der Waals surface area contributed by atoms with Crippen molar-refractivity contribution in [3.05, 3.63) is 65.5 Å². The lowest BCUT2D eigenvalue weighted by molar-refractivity contribution is -0.129. The normalized spacial score (nSPS) is 19.4. The van der Waals surface area contributed by atoms with Gasteiger partial charge in [-0.2, -0.15) is 0 Å². The number of hydrogen-bond donors (Lipinski definition) is 2. The number of carbonyl (C=O) groups excluding carboxylic acids is 3. The Morgan fingerprint density at radius 1 is 1.14 bits per heavy atom. The molecule has 2 aliphatic heterocycles. The van der Waals surface area contributed by atoms with Crippen LogP contribution in [0.3, 0.4) is 0 Å². The standard InChI is InChI=1S/C26H30FN3O5/c1-34-21-8-4-19(5-9-21)26(12-14-35-15-13-26)17-30-24(32)22(29-25(30)33)10-11-23(31)28-16-18-2-6-20(27)7-3-18/h2-9,22H,10-17H2,1H3,(H,28,31)(H,29,33)/t22-/m0/s1. The lowest BCUT2D eigenvalue weighted by atomic mass is 9.73. The number of nitrogens with zero attached hydrogens (tertiary/aromatic N) is 1. The molecule has 4 rings (SSSR count). The van der Waals surface area contributed by atoms with Crippen LogP contribution in [0.5, 0.6) is 5.75 Å². The first-order chi connectivity index (χ1) is 16.9. The van der Waals surface area contributed by atoms with Crippen molar-refractivity contribution in [3.8, 4) is 5.75 Å². The molecule has 2 N–H and O–H groups in total. The van der Waals surface area contributed by atoms with Crippen LogP contribution in [0.25, 0.3) is 0 Å². The summed E-state index contributed by atoms with van der Waals surface area (Å²) in [6, 6.07) is 12.4. The molecule has 35 heavy (non-hydrogen) atoms. The van der Waals surface area contributed by atoms with Gasteiger partial charge in [0.15, 0.2) is 0 Å². The Balaban J connectivity index is 1.36. The molecule has 1 atom stereocenters. The smallest absolute Gasteiger partial charge is 0.324 e. The van der Waals surface area contributed by atoms with E-state index in [1.807, 2.05) is 24.3 Å². The third-order valence-electron chi connectivity index (χ3n) is 6.78. The quantitative estimate of drug-likeness (QED) is 0.535. The monoisotopic (exact) mass is 483 g/mol. The van der Waals surface area contributed by atoms with Gasteiger partial charge in [-0.1, -0.05) is 24.3 Å². The predicted octanol–water partition coefficient (Wildman–Crippen LogP) is 2.90. The van der Waals surface area contributed by atoms with Gasteiger partial charge in [0.05, 0.1) is 7.11 Å². The summed E-state index contributed by atoms with van der Waals surface area (Å²) in [4.78, 5) is 39.4. The number of hydrogen-bond acceptors (Lipinski definition) is 5. The molecule has 9 heteroatoms. The number of imide groups is 1. The second kappa shape index (κ2) is 10.9. The first-order valence-electron chi connectivity index (χ1n) is 11.8. The van der Waals surface area contributed by atoms with E-state index in [9.17, 15) is 18.8 Å². The number of nitrogens with one attached hydrogen (secondary N) is 2. The predicted molar refractivity (Wildman–Crippen MR) is 126 cm³/mol. The molecule has 0 radical (unpaired) electrons. The Morgan fingerprint density at radius 3 is 2.49 bits per heavy atom. The van der Waals surface area contributed by atoms with Gasteiger partial charge in [-0.3, -0.25) is 14.5 Å². The highest BCUT2D eigenvalue weighted by atomic mass is 19.1. The van der Waals surface area contributed by atoms with Crippen molar-refractivity contribution in [2.75, 3.05) is 26.9 Å². The molecule has 0 aromatic heterocycles. The second-order valence-corrected chi connectivity index (χ2v) is 8.99. The van der Waals surface area contributed by atoms with E-state index in [2.05, 4.69) is 10.6 Å². The van der Waals surface area contributed by atoms with Gasteiger partial charge in [0.1, 0.15) is 17.6 Å². The molecular formula is C26H30FN3O5. The maximum absolute atomic E-state index is 13.1. The largest absolute Gasteiger partial charge is 0.497 e. The molecule has 2 fully saturated rings. The van der Waals surface area contributed by atoms with Crippen molar-refractivity contribution in [2.45, 2.75) is 43.7 Å². The molecule has 2 heterocycles. The van der Waals surface area contributed by atoms with E-state index in [-0.39, 0.29) is 43.6 Å². The lowest BCUT2D eigenvalue weighted by Gasteiger charge is -2.39. The van der Waals surface area contributed by atoms with Gasteiger partial charge in [0.25, 0.3) is 5.91 Å². The first-order valence-corrected chi connectivity index (χ1v) is 11.8. The lowest BCUT2D eigenvalue weighted by Crippen LogP contribution is -2.47. The van der Waals surface area contributed by atoms with E-state index in [4.69, 9.17) is 9.47 Å². The number of methoxy groups -OCH3 is 1. The van der Waals surface area contributed by atoms with E-state index < -0.39 is 17.5 Å². The molecule has 2 aliphatic rings. The number of urea groups is 1. The zero-order valence-electron chi connectivity index (χ0n) is 19.7. The first kappa shape index (κ1) is 24.7. The third-order valence-corrected chi connectivity index (χ3v) is 6.78. The van der Waals surface area contributed by atoms with Crippen LogP contribution in [0, 0.1) is 5.82 Å². The molecule has 0 unspecified atom stereocenters. The fourth-order valence-corrected chi connectivity index (χ4v) is 4.64. The topological polar surface area (TPSA) is 97.0 Å². The molecule has 4 amide bonds. The number of rotatable bonds is 9. The van der Waals surface area contributed by atoms with Crippen molar-refractivity contribution in [1.29, 1.82) is 0 Å². The Labute approximate surface area is 203 Å². The summed E-state index contributed by atoms with van der Waals surface area (Å²) in [7, 11) is 1.61. The van der Waals surface area contributed by atoms with Crippen LogP contribution in [-0.2, 0) is 26.3 Å². The zero-order chi connectivity index (χ0) is 24.8. The van der Waals surface area contributed by atoms with Gasteiger partial charge in [-0.15, -0.1) is 0 Å². The van der Waals surface area contributed by atoms with Crippen molar-refractivity contribution in [3.63, 3.8) is 0 Å². The molecule has 186 valence electrons. The second-order valence-electron chi connectivity index (χ2n) is 8.99. The molecular weight excluding hydrogens is 453 g/mol. The zero-order valence-corrected chi connectivity index (χ0v) is 19.7. The minimum atomic E-state index is -0.744. The number of benzene rings is 2. The Kier molecular flexibility index (Phi) is 7.65. The Morgan fingerprint density at radius 2 is 1.83 bits per heavy atom. The summed E-state index contributed by atoms with van der Waals surface area (Å²) >= 11 is 0. The molecule has 2 saturated heterocycles. The summed E-state index contributed by atoms with van der Waals surface area (Å²) in [6.45, 7) is 1.62. The molecule has 0 aliphatic carbocycles. The highest BCUT2D eigenvalue weighted by Crippen LogP contribution is 2.37. The van der Waals surface area contributed by atoms with Crippen molar-refractivity contribution in [2.24, 2.45) is 0 Å². The SMILES string of the molecule is COc1ccc(C2(CN3C(=O)N[C@@H](CCC(=O)NCc4ccc(F)cc4)C3=O)CCOCC2)cc1. The summed E-state index contributed by atoms with van der Waals surface area (Å²) in [5, 5.41) is 5.49. The third kappa shape index (κ3) is 5.79. The van der Waals surface area contributed by atoms with Crippen molar-refractivity contribution in [1.82, 2.24) is 15.5 Å². The fraction of sp³-hybridized carbons (Fsp3) is 0.423. The van der Waals surface area contributed by atoms with Gasteiger partial charge in [0.2, 0.25) is 5.91 Å². The minimum Gasteiger partial charge on any atom is -0.497 e. The van der Waals surface area contributed by atoms with E-state index in [1.165, 1.54) is 17.0 Å².